The van der Waals surface area contributed by atoms with Crippen molar-refractivity contribution >= 4 is 35.1 Å². The third-order valence-corrected chi connectivity index (χ3v) is 4.70. The van der Waals surface area contributed by atoms with Crippen molar-refractivity contribution in [3.05, 3.63) is 69.7 Å². The molecule has 0 aliphatic carbocycles. The Hall–Kier alpha value is -2.59. The van der Waals surface area contributed by atoms with Gasteiger partial charge in [0, 0.05) is 10.0 Å². The number of rotatable bonds is 5. The number of carbonyl (C=O) groups is 2. The largest absolute Gasteiger partial charge is 0.459 e. The Morgan fingerprint density at radius 1 is 1.00 bits per heavy atom. The van der Waals surface area contributed by atoms with Crippen LogP contribution in [0.25, 0.3) is 0 Å². The van der Waals surface area contributed by atoms with Crippen molar-refractivity contribution in [2.45, 2.75) is 12.2 Å². The molecule has 2 aromatic rings. The van der Waals surface area contributed by atoms with E-state index in [4.69, 9.17) is 37.4 Å². The van der Waals surface area contributed by atoms with E-state index >= 15 is 0 Å². The average Bonchev–Trinajstić information content (AvgIpc) is 3.08. The number of nitrogens with zero attached hydrogens (tertiary/aromatic N) is 1. The van der Waals surface area contributed by atoms with Gasteiger partial charge in [-0.1, -0.05) is 23.2 Å². The average molecular weight is 420 g/mol. The number of hydrogen-bond donors (Lipinski definition) is 0. The first kappa shape index (κ1) is 20.2. The molecule has 1 unspecified atom stereocenters. The van der Waals surface area contributed by atoms with Gasteiger partial charge in [0.05, 0.1) is 23.8 Å². The normalized spacial score (nSPS) is 21.0. The summed E-state index contributed by atoms with van der Waals surface area (Å²) < 4.78 is 16.2. The summed E-state index contributed by atoms with van der Waals surface area (Å²) in [5, 5.41) is 10.3. The van der Waals surface area contributed by atoms with Gasteiger partial charge in [-0.05, 0) is 48.5 Å². The van der Waals surface area contributed by atoms with Crippen LogP contribution in [0.1, 0.15) is 20.7 Å². The predicted octanol–water partition coefficient (Wildman–Crippen LogP) is 3.91. The van der Waals surface area contributed by atoms with Crippen LogP contribution in [-0.4, -0.2) is 37.4 Å². The zero-order valence-corrected chi connectivity index (χ0v) is 16.0. The number of hydrogen-bond acceptors (Lipinski definition) is 6. The van der Waals surface area contributed by atoms with Crippen LogP contribution in [0.2, 0.25) is 10.0 Å². The highest BCUT2D eigenvalue weighted by atomic mass is 35.5. The summed E-state index contributed by atoms with van der Waals surface area (Å²) in [7, 11) is 0. The molecule has 0 N–H and O–H groups in total. The zero-order valence-electron chi connectivity index (χ0n) is 14.5. The molecule has 2 aromatic carbocycles. The van der Waals surface area contributed by atoms with E-state index in [0.29, 0.717) is 21.2 Å². The van der Waals surface area contributed by atoms with Crippen molar-refractivity contribution < 1.29 is 23.8 Å². The van der Waals surface area contributed by atoms with E-state index in [9.17, 15) is 14.9 Å². The molecule has 8 heteroatoms. The molecular formula is C20H15Cl2NO5. The Kier molecular flexibility index (Phi) is 6.53. The van der Waals surface area contributed by atoms with Crippen molar-refractivity contribution in [2.24, 2.45) is 5.92 Å². The van der Waals surface area contributed by atoms with E-state index in [0.717, 1.165) is 0 Å². The number of carbonyl (C=O) groups excluding carboxylic acids is 2. The van der Waals surface area contributed by atoms with Gasteiger partial charge in [-0.25, -0.2) is 9.59 Å². The summed E-state index contributed by atoms with van der Waals surface area (Å²) in [5.74, 6) is -1.83. The van der Waals surface area contributed by atoms with Crippen LogP contribution in [0.5, 0.6) is 0 Å². The molecule has 0 amide bonds. The lowest BCUT2D eigenvalue weighted by Gasteiger charge is -2.20. The van der Waals surface area contributed by atoms with Crippen LogP contribution in [-0.2, 0) is 14.2 Å². The molecular weight excluding hydrogens is 405 g/mol. The SMILES string of the molecule is N#C[C@@H]1CO[C@H](COC(=O)c2ccc(Cl)cc2)C1OC(=O)c1ccc(Cl)cc1. The number of nitriles is 1. The molecule has 144 valence electrons. The number of benzene rings is 2. The van der Waals surface area contributed by atoms with E-state index in [1.54, 1.807) is 24.3 Å². The highest BCUT2D eigenvalue weighted by Crippen LogP contribution is 2.25. The Morgan fingerprint density at radius 2 is 1.54 bits per heavy atom. The monoisotopic (exact) mass is 419 g/mol. The lowest BCUT2D eigenvalue weighted by atomic mass is 10.0. The summed E-state index contributed by atoms with van der Waals surface area (Å²) >= 11 is 11.6. The quantitative estimate of drug-likeness (QED) is 0.682. The second-order valence-electron chi connectivity index (χ2n) is 6.09. The number of ether oxygens (including phenoxy) is 3. The van der Waals surface area contributed by atoms with Crippen LogP contribution in [0, 0.1) is 17.2 Å². The highest BCUT2D eigenvalue weighted by molar-refractivity contribution is 6.30. The van der Waals surface area contributed by atoms with Gasteiger partial charge < -0.3 is 14.2 Å². The maximum Gasteiger partial charge on any atom is 0.338 e. The number of halogens is 2. The molecule has 1 aliphatic heterocycles. The fraction of sp³-hybridized carbons (Fsp3) is 0.250. The van der Waals surface area contributed by atoms with Crippen molar-refractivity contribution in [3.8, 4) is 6.07 Å². The second-order valence-corrected chi connectivity index (χ2v) is 6.96. The molecule has 6 nitrogen and oxygen atoms in total. The van der Waals surface area contributed by atoms with E-state index in [1.165, 1.54) is 24.3 Å². The third kappa shape index (κ3) is 4.82. The van der Waals surface area contributed by atoms with Gasteiger partial charge in [0.2, 0.25) is 0 Å². The molecule has 0 saturated carbocycles. The van der Waals surface area contributed by atoms with Crippen LogP contribution < -0.4 is 0 Å². The molecule has 1 saturated heterocycles. The summed E-state index contributed by atoms with van der Waals surface area (Å²) in [4.78, 5) is 24.5. The first-order valence-electron chi connectivity index (χ1n) is 8.38. The summed E-state index contributed by atoms with van der Waals surface area (Å²) in [6.45, 7) is -0.0730. The Bertz CT molecular complexity index is 892. The predicted molar refractivity (Wildman–Crippen MR) is 101 cm³/mol. The molecule has 28 heavy (non-hydrogen) atoms. The maximum absolute atomic E-state index is 12.4. The van der Waals surface area contributed by atoms with Crippen LogP contribution in [0.4, 0.5) is 0 Å². The maximum atomic E-state index is 12.4. The summed E-state index contributed by atoms with van der Waals surface area (Å²) in [6, 6.07) is 14.5. The van der Waals surface area contributed by atoms with Crippen LogP contribution in [0.3, 0.4) is 0 Å². The van der Waals surface area contributed by atoms with Gasteiger partial charge in [-0.2, -0.15) is 5.26 Å². The minimum absolute atomic E-state index is 0.0816. The molecule has 1 fully saturated rings. The molecule has 3 rings (SSSR count). The molecule has 1 heterocycles. The fourth-order valence-electron chi connectivity index (χ4n) is 2.69. The topological polar surface area (TPSA) is 85.6 Å². The third-order valence-electron chi connectivity index (χ3n) is 4.20. The van der Waals surface area contributed by atoms with Gasteiger partial charge in [-0.3, -0.25) is 0 Å². The van der Waals surface area contributed by atoms with E-state index in [2.05, 4.69) is 6.07 Å². The highest BCUT2D eigenvalue weighted by Gasteiger charge is 2.41. The minimum Gasteiger partial charge on any atom is -0.459 e. The first-order chi connectivity index (χ1) is 13.5. The second kappa shape index (κ2) is 9.07. The van der Waals surface area contributed by atoms with Gasteiger partial charge in [0.15, 0.2) is 0 Å². The lowest BCUT2D eigenvalue weighted by Crippen LogP contribution is -2.35. The van der Waals surface area contributed by atoms with Gasteiger partial charge in [0.1, 0.15) is 24.7 Å². The van der Waals surface area contributed by atoms with Crippen molar-refractivity contribution in [2.75, 3.05) is 13.2 Å². The Labute approximate surface area is 171 Å². The van der Waals surface area contributed by atoms with Gasteiger partial charge in [-0.15, -0.1) is 0 Å². The summed E-state index contributed by atoms with van der Waals surface area (Å²) in [5.41, 5.74) is 0.624. The Morgan fingerprint density at radius 3 is 2.07 bits per heavy atom. The smallest absolute Gasteiger partial charge is 0.338 e. The van der Waals surface area contributed by atoms with Crippen molar-refractivity contribution in [3.63, 3.8) is 0 Å². The van der Waals surface area contributed by atoms with Crippen LogP contribution >= 0.6 is 23.2 Å². The molecule has 1 aliphatic rings. The summed E-state index contributed by atoms with van der Waals surface area (Å²) in [6.07, 6.45) is -1.59. The fourth-order valence-corrected chi connectivity index (χ4v) is 2.94. The minimum atomic E-state index is -0.855. The van der Waals surface area contributed by atoms with Gasteiger partial charge >= 0.3 is 11.9 Å². The lowest BCUT2D eigenvalue weighted by molar-refractivity contribution is -0.0298. The Balaban J connectivity index is 1.63. The van der Waals surface area contributed by atoms with E-state index in [1.807, 2.05) is 0 Å². The van der Waals surface area contributed by atoms with E-state index < -0.39 is 30.1 Å². The van der Waals surface area contributed by atoms with E-state index in [-0.39, 0.29) is 13.2 Å². The van der Waals surface area contributed by atoms with Crippen LogP contribution in [0.15, 0.2) is 48.5 Å². The molecule has 0 spiro atoms. The zero-order chi connectivity index (χ0) is 20.1. The standard InChI is InChI=1S/C20H15Cl2NO5/c21-15-5-1-12(2-6-15)19(24)27-11-17-18(14(9-23)10-26-17)28-20(25)13-3-7-16(22)8-4-13/h1-8,14,17-18H,10-11H2/t14-,17-,18?/m1/s1. The molecule has 0 aromatic heterocycles. The van der Waals surface area contributed by atoms with Crippen molar-refractivity contribution in [1.82, 2.24) is 0 Å². The number of esters is 2. The molecule has 0 bridgehead atoms. The molecule has 3 atom stereocenters. The first-order valence-corrected chi connectivity index (χ1v) is 9.14. The van der Waals surface area contributed by atoms with Gasteiger partial charge in [0.25, 0.3) is 0 Å². The molecule has 0 radical (unpaired) electrons. The van der Waals surface area contributed by atoms with Crippen molar-refractivity contribution in [1.29, 1.82) is 5.26 Å².